The summed E-state index contributed by atoms with van der Waals surface area (Å²) in [6.45, 7) is -2.29. The van der Waals surface area contributed by atoms with Crippen LogP contribution in [0.2, 0.25) is 0 Å². The topological polar surface area (TPSA) is 97.0 Å². The average molecular weight is 514 g/mol. The van der Waals surface area contributed by atoms with E-state index in [-0.39, 0.29) is 5.56 Å². The minimum atomic E-state index is -4.76. The number of nitrogens with one attached hydrogen (secondary N) is 1. The molecule has 0 saturated heterocycles. The second kappa shape index (κ2) is 9.18. The first-order valence-corrected chi connectivity index (χ1v) is 11.9. The number of aromatic nitrogens is 2. The maximum Gasteiger partial charge on any atom is 0.404 e. The zero-order chi connectivity index (χ0) is 25.5. The minimum Gasteiger partial charge on any atom is -0.318 e. The van der Waals surface area contributed by atoms with Gasteiger partial charge in [-0.15, -0.1) is 0 Å². The summed E-state index contributed by atoms with van der Waals surface area (Å²) in [5.41, 5.74) is 1.28. The van der Waals surface area contributed by atoms with Gasteiger partial charge in [0.25, 0.3) is 0 Å². The zero-order valence-corrected chi connectivity index (χ0v) is 18.9. The van der Waals surface area contributed by atoms with Crippen molar-refractivity contribution in [2.75, 3.05) is 0 Å². The fraction of sp³-hybridized carbons (Fsp3) is 0.364. The Kier molecular flexibility index (Phi) is 6.56. The molecule has 1 aliphatic carbocycles. The van der Waals surface area contributed by atoms with Crippen LogP contribution in [0.25, 0.3) is 22.3 Å². The van der Waals surface area contributed by atoms with Crippen molar-refractivity contribution < 1.29 is 35.1 Å². The third-order valence-electron chi connectivity index (χ3n) is 5.92. The molecule has 2 aromatic heterocycles. The fourth-order valence-corrected chi connectivity index (χ4v) is 5.28. The van der Waals surface area contributed by atoms with E-state index in [0.717, 1.165) is 12.1 Å². The van der Waals surface area contributed by atoms with Gasteiger partial charge in [0, 0.05) is 11.6 Å². The molecule has 3 aromatic rings. The molecule has 0 aliphatic heterocycles. The Bertz CT molecular complexity index is 1380. The van der Waals surface area contributed by atoms with Gasteiger partial charge >= 0.3 is 12.8 Å². The molecule has 0 radical (unpaired) electrons. The summed E-state index contributed by atoms with van der Waals surface area (Å²) in [5.74, 6) is 0. The van der Waals surface area contributed by atoms with Crippen LogP contribution in [0.5, 0.6) is 0 Å². The Hall–Kier alpha value is -3.08. The van der Waals surface area contributed by atoms with Crippen molar-refractivity contribution in [3.8, 4) is 17.3 Å². The number of alkyl halides is 5. The van der Waals surface area contributed by atoms with Gasteiger partial charge < -0.3 is 9.30 Å². The van der Waals surface area contributed by atoms with E-state index >= 15 is 0 Å². The number of fused-ring (bicyclic) bond motifs is 1. The van der Waals surface area contributed by atoms with Gasteiger partial charge in [0.2, 0.25) is 10.0 Å². The highest BCUT2D eigenvalue weighted by molar-refractivity contribution is 7.89. The largest absolute Gasteiger partial charge is 0.404 e. The second-order valence-electron chi connectivity index (χ2n) is 8.07. The van der Waals surface area contributed by atoms with Gasteiger partial charge in [0.15, 0.2) is 0 Å². The van der Waals surface area contributed by atoms with E-state index in [1.807, 2.05) is 0 Å². The maximum atomic E-state index is 12.9. The van der Waals surface area contributed by atoms with Crippen LogP contribution in [0.1, 0.15) is 31.4 Å². The number of sulfonamides is 1. The van der Waals surface area contributed by atoms with Gasteiger partial charge in [0.05, 0.1) is 28.3 Å². The summed E-state index contributed by atoms with van der Waals surface area (Å²) in [5, 5.41) is 10.4. The van der Waals surface area contributed by atoms with E-state index in [1.165, 1.54) is 18.3 Å². The lowest BCUT2D eigenvalue weighted by atomic mass is 9.88. The first-order chi connectivity index (χ1) is 16.4. The minimum absolute atomic E-state index is 0.204. The zero-order valence-electron chi connectivity index (χ0n) is 18.1. The van der Waals surface area contributed by atoms with E-state index in [0.29, 0.717) is 42.1 Å². The summed E-state index contributed by atoms with van der Waals surface area (Å²) < 4.78 is 97.0. The first kappa shape index (κ1) is 25.0. The summed E-state index contributed by atoms with van der Waals surface area (Å²) in [6, 6.07) is 7.46. The van der Waals surface area contributed by atoms with E-state index < -0.39 is 45.9 Å². The van der Waals surface area contributed by atoms with Crippen molar-refractivity contribution in [2.24, 2.45) is 0 Å². The smallest absolute Gasteiger partial charge is 0.318 e. The molecule has 0 amide bonds. The molecule has 0 bridgehead atoms. The molecular formula is C22H19F5N4O3S. The number of hydrogen-bond donors (Lipinski definition) is 1. The highest BCUT2D eigenvalue weighted by Crippen LogP contribution is 2.43. The molecule has 1 fully saturated rings. The highest BCUT2D eigenvalue weighted by Gasteiger charge is 2.40. The maximum absolute atomic E-state index is 12.9. The van der Waals surface area contributed by atoms with Crippen molar-refractivity contribution >= 4 is 21.1 Å². The van der Waals surface area contributed by atoms with Gasteiger partial charge in [-0.3, -0.25) is 0 Å². The summed E-state index contributed by atoms with van der Waals surface area (Å²) in [7, 11) is -4.48. The average Bonchev–Trinajstić information content (AvgIpc) is 3.10. The number of ether oxygens (including phenoxy) is 1. The van der Waals surface area contributed by atoms with Gasteiger partial charge in [0.1, 0.15) is 17.8 Å². The quantitative estimate of drug-likeness (QED) is 0.459. The molecule has 2 unspecified atom stereocenters. The molecule has 13 heteroatoms. The first-order valence-electron chi connectivity index (χ1n) is 10.5. The molecule has 35 heavy (non-hydrogen) atoms. The number of halogens is 5. The van der Waals surface area contributed by atoms with Crippen LogP contribution in [0, 0.1) is 11.3 Å². The van der Waals surface area contributed by atoms with Crippen LogP contribution in [0.3, 0.4) is 0 Å². The van der Waals surface area contributed by atoms with Crippen LogP contribution in [-0.4, -0.2) is 42.9 Å². The molecule has 1 N–H and O–H groups in total. The molecule has 4 rings (SSSR count). The normalized spacial score (nSPS) is 19.5. The molecule has 1 saturated carbocycles. The third kappa shape index (κ3) is 4.73. The number of nitrogens with zero attached hydrogens (tertiary/aromatic N) is 3. The lowest BCUT2D eigenvalue weighted by Crippen LogP contribution is -2.42. The molecule has 2 heterocycles. The van der Waals surface area contributed by atoms with Crippen LogP contribution in [0.15, 0.2) is 47.5 Å². The molecule has 1 aromatic carbocycles. The Labute approximate surface area is 197 Å². The van der Waals surface area contributed by atoms with E-state index in [1.54, 1.807) is 21.4 Å². The molecule has 1 aliphatic rings. The van der Waals surface area contributed by atoms with Crippen molar-refractivity contribution in [3.63, 3.8) is 0 Å². The van der Waals surface area contributed by atoms with Crippen LogP contribution in [-0.2, 0) is 14.8 Å². The predicted octanol–water partition coefficient (Wildman–Crippen LogP) is 4.75. The molecule has 186 valence electrons. The number of rotatable bonds is 7. The van der Waals surface area contributed by atoms with Gasteiger partial charge in [-0.2, -0.15) is 31.9 Å². The standard InChI is InChI=1S/C22H19F5N4O3S/c1-12(22(25,26)27)30-35(32,33)14-6-4-13(5-7-14)19-16(11-28)15-3-2-10-29-20(15)31(19)17-8-9-18(17)34-21(23)24/h2-7,10,12,17-18,21,30H,8-9H2,1H3/t12-,17?,18?/m0/s1. The van der Waals surface area contributed by atoms with E-state index in [9.17, 15) is 35.6 Å². The number of nitriles is 1. The van der Waals surface area contributed by atoms with Crippen LogP contribution >= 0.6 is 0 Å². The van der Waals surface area contributed by atoms with Crippen LogP contribution in [0.4, 0.5) is 22.0 Å². The Balaban J connectivity index is 1.78. The predicted molar refractivity (Wildman–Crippen MR) is 115 cm³/mol. The van der Waals surface area contributed by atoms with Crippen molar-refractivity contribution in [1.82, 2.24) is 14.3 Å². The Morgan fingerprint density at radius 3 is 2.43 bits per heavy atom. The monoisotopic (exact) mass is 514 g/mol. The van der Waals surface area contributed by atoms with Crippen molar-refractivity contribution in [2.45, 2.75) is 55.6 Å². The summed E-state index contributed by atoms with van der Waals surface area (Å²) in [6.07, 6.45) is -3.22. The van der Waals surface area contributed by atoms with Gasteiger partial charge in [-0.1, -0.05) is 12.1 Å². The Morgan fingerprint density at radius 2 is 1.89 bits per heavy atom. The molecular weight excluding hydrogens is 495 g/mol. The number of pyridine rings is 1. The number of hydrogen-bond acceptors (Lipinski definition) is 5. The third-order valence-corrected chi connectivity index (χ3v) is 7.48. The van der Waals surface area contributed by atoms with Crippen molar-refractivity contribution in [1.29, 1.82) is 5.26 Å². The Morgan fingerprint density at radius 1 is 1.20 bits per heavy atom. The van der Waals surface area contributed by atoms with Gasteiger partial charge in [-0.25, -0.2) is 13.4 Å². The van der Waals surface area contributed by atoms with Crippen LogP contribution < -0.4 is 4.72 Å². The summed E-state index contributed by atoms with van der Waals surface area (Å²) >= 11 is 0. The van der Waals surface area contributed by atoms with E-state index in [2.05, 4.69) is 11.1 Å². The number of benzene rings is 1. The summed E-state index contributed by atoms with van der Waals surface area (Å²) in [4.78, 5) is 3.92. The SMILES string of the molecule is C[C@H](NS(=O)(=O)c1ccc(-c2c(C#N)c3cccnc3n2C2CCC2OC(F)F)cc1)C(F)(F)F. The molecule has 0 spiro atoms. The lowest BCUT2D eigenvalue weighted by Gasteiger charge is -2.38. The lowest BCUT2D eigenvalue weighted by molar-refractivity contribution is -0.195. The van der Waals surface area contributed by atoms with E-state index in [4.69, 9.17) is 4.74 Å². The second-order valence-corrected chi connectivity index (χ2v) is 9.78. The highest BCUT2D eigenvalue weighted by atomic mass is 32.2. The molecule has 7 nitrogen and oxygen atoms in total. The molecule has 3 atom stereocenters. The van der Waals surface area contributed by atoms with Crippen molar-refractivity contribution in [3.05, 3.63) is 48.2 Å². The fourth-order valence-electron chi connectivity index (χ4n) is 4.06. The van der Waals surface area contributed by atoms with Gasteiger partial charge in [-0.05, 0) is 49.6 Å².